The van der Waals surface area contributed by atoms with Crippen LogP contribution < -0.4 is 24.4 Å². The van der Waals surface area contributed by atoms with Gasteiger partial charge in [-0.1, -0.05) is 23.7 Å². The van der Waals surface area contributed by atoms with Gasteiger partial charge in [-0.3, -0.25) is 4.79 Å². The summed E-state index contributed by atoms with van der Waals surface area (Å²) >= 11 is 5.98. The molecule has 0 atom stereocenters. The molecule has 3 aromatic rings. The lowest BCUT2D eigenvalue weighted by atomic mass is 10.2. The number of hydrogen-bond acceptors (Lipinski definition) is 7. The fraction of sp³-hybridized carbons (Fsp3) is 0.160. The van der Waals surface area contributed by atoms with Gasteiger partial charge in [0, 0.05) is 0 Å². The third kappa shape index (κ3) is 6.98. The number of rotatable bonds is 10. The molecule has 0 spiro atoms. The van der Waals surface area contributed by atoms with E-state index in [0.29, 0.717) is 40.0 Å². The highest BCUT2D eigenvalue weighted by Gasteiger charge is 2.13. The summed E-state index contributed by atoms with van der Waals surface area (Å²) in [6, 6.07) is 18.4. The van der Waals surface area contributed by atoms with E-state index in [1.165, 1.54) is 13.3 Å². The number of para-hydroxylation sites is 1. The standard InChI is InChI=1S/C25H23ClN2O6/c1-3-32-19-11-9-18(10-12-19)25(30)34-22-13-8-17(14-23(22)31-2)15-27-28-24(29)16-33-21-7-5-4-6-20(21)26/h4-15H,3,16H2,1-2H3,(H,28,29)/b27-15-. The second-order valence-electron chi connectivity index (χ2n) is 6.77. The Kier molecular flexibility index (Phi) is 8.88. The normalized spacial score (nSPS) is 10.6. The third-order valence-corrected chi connectivity index (χ3v) is 4.70. The molecule has 8 nitrogen and oxygen atoms in total. The van der Waals surface area contributed by atoms with Crippen molar-refractivity contribution in [3.05, 3.63) is 82.9 Å². The topological polar surface area (TPSA) is 95.5 Å². The van der Waals surface area contributed by atoms with Gasteiger partial charge in [0.05, 0.1) is 30.5 Å². The summed E-state index contributed by atoms with van der Waals surface area (Å²) in [6.45, 7) is 2.18. The number of carbonyl (C=O) groups is 2. The molecule has 0 aliphatic carbocycles. The zero-order valence-electron chi connectivity index (χ0n) is 18.6. The van der Waals surface area contributed by atoms with E-state index in [2.05, 4.69) is 10.5 Å². The number of esters is 1. The molecule has 0 aromatic heterocycles. The zero-order valence-corrected chi connectivity index (χ0v) is 19.4. The molecular formula is C25H23ClN2O6. The van der Waals surface area contributed by atoms with E-state index in [-0.39, 0.29) is 12.4 Å². The first kappa shape index (κ1) is 24.6. The van der Waals surface area contributed by atoms with Crippen LogP contribution in [0.15, 0.2) is 71.8 Å². The summed E-state index contributed by atoms with van der Waals surface area (Å²) in [5.74, 6) is 0.663. The maximum absolute atomic E-state index is 12.5. The van der Waals surface area contributed by atoms with Crippen molar-refractivity contribution in [3.8, 4) is 23.0 Å². The van der Waals surface area contributed by atoms with Crippen LogP contribution in [0.3, 0.4) is 0 Å². The predicted molar refractivity (Wildman–Crippen MR) is 128 cm³/mol. The molecule has 0 heterocycles. The number of methoxy groups -OCH3 is 1. The van der Waals surface area contributed by atoms with E-state index in [0.717, 1.165) is 0 Å². The molecule has 0 unspecified atom stereocenters. The molecular weight excluding hydrogens is 460 g/mol. The first-order valence-electron chi connectivity index (χ1n) is 10.3. The summed E-state index contributed by atoms with van der Waals surface area (Å²) in [7, 11) is 1.46. The molecule has 176 valence electrons. The van der Waals surface area contributed by atoms with Crippen molar-refractivity contribution < 1.29 is 28.5 Å². The Morgan fingerprint density at radius 2 is 1.74 bits per heavy atom. The van der Waals surface area contributed by atoms with Crippen molar-refractivity contribution in [1.29, 1.82) is 0 Å². The lowest BCUT2D eigenvalue weighted by Crippen LogP contribution is -2.24. The van der Waals surface area contributed by atoms with Gasteiger partial charge >= 0.3 is 5.97 Å². The van der Waals surface area contributed by atoms with E-state index in [1.54, 1.807) is 66.7 Å². The maximum Gasteiger partial charge on any atom is 0.343 e. The van der Waals surface area contributed by atoms with Gasteiger partial charge in [-0.2, -0.15) is 5.10 Å². The quantitative estimate of drug-likeness (QED) is 0.198. The molecule has 0 fully saturated rings. The number of nitrogens with one attached hydrogen (secondary N) is 1. The fourth-order valence-corrected chi connectivity index (χ4v) is 2.97. The summed E-state index contributed by atoms with van der Waals surface area (Å²) in [6.07, 6.45) is 1.42. The highest BCUT2D eigenvalue weighted by atomic mass is 35.5. The molecule has 0 radical (unpaired) electrons. The molecule has 1 amide bonds. The first-order chi connectivity index (χ1) is 16.5. The molecule has 0 bridgehead atoms. The van der Waals surface area contributed by atoms with Crippen LogP contribution in [0.4, 0.5) is 0 Å². The summed E-state index contributed by atoms with van der Waals surface area (Å²) in [4.78, 5) is 24.4. The van der Waals surface area contributed by atoms with E-state index >= 15 is 0 Å². The number of ether oxygens (including phenoxy) is 4. The van der Waals surface area contributed by atoms with Crippen LogP contribution in [-0.4, -0.2) is 38.4 Å². The van der Waals surface area contributed by atoms with Gasteiger partial charge in [0.2, 0.25) is 0 Å². The van der Waals surface area contributed by atoms with Crippen molar-refractivity contribution in [2.45, 2.75) is 6.92 Å². The third-order valence-electron chi connectivity index (χ3n) is 4.39. The van der Waals surface area contributed by atoms with Crippen LogP contribution in [0.5, 0.6) is 23.0 Å². The molecule has 0 saturated heterocycles. The fourth-order valence-electron chi connectivity index (χ4n) is 2.78. The van der Waals surface area contributed by atoms with Gasteiger partial charge in [-0.05, 0) is 67.1 Å². The van der Waals surface area contributed by atoms with Gasteiger partial charge in [0.15, 0.2) is 18.1 Å². The Morgan fingerprint density at radius 1 is 0.971 bits per heavy atom. The molecule has 9 heteroatoms. The lowest BCUT2D eigenvalue weighted by molar-refractivity contribution is -0.123. The van der Waals surface area contributed by atoms with Crippen molar-refractivity contribution in [1.82, 2.24) is 5.43 Å². The average Bonchev–Trinajstić information content (AvgIpc) is 2.85. The first-order valence-corrected chi connectivity index (χ1v) is 10.7. The summed E-state index contributed by atoms with van der Waals surface area (Å²) in [5, 5.41) is 4.31. The molecule has 3 rings (SSSR count). The van der Waals surface area contributed by atoms with E-state index in [4.69, 9.17) is 30.5 Å². The van der Waals surface area contributed by atoms with Crippen molar-refractivity contribution >= 4 is 29.7 Å². The zero-order chi connectivity index (χ0) is 24.3. The summed E-state index contributed by atoms with van der Waals surface area (Å²) in [5.41, 5.74) is 3.35. The minimum atomic E-state index is -0.534. The van der Waals surface area contributed by atoms with Crippen molar-refractivity contribution in [3.63, 3.8) is 0 Å². The average molecular weight is 483 g/mol. The minimum Gasteiger partial charge on any atom is -0.494 e. The van der Waals surface area contributed by atoms with Crippen molar-refractivity contribution in [2.75, 3.05) is 20.3 Å². The number of hydrogen-bond donors (Lipinski definition) is 1. The number of carbonyl (C=O) groups excluding carboxylic acids is 2. The highest BCUT2D eigenvalue weighted by molar-refractivity contribution is 6.32. The second kappa shape index (κ2) is 12.3. The molecule has 0 aliphatic rings. The maximum atomic E-state index is 12.5. The van der Waals surface area contributed by atoms with Crippen molar-refractivity contribution in [2.24, 2.45) is 5.10 Å². The Bertz CT molecular complexity index is 1160. The summed E-state index contributed by atoms with van der Waals surface area (Å²) < 4.78 is 21.5. The van der Waals surface area contributed by atoms with E-state index in [1.807, 2.05) is 6.92 Å². The van der Waals surface area contributed by atoms with Crippen LogP contribution in [0.2, 0.25) is 5.02 Å². The molecule has 34 heavy (non-hydrogen) atoms. The molecule has 0 aliphatic heterocycles. The molecule has 0 saturated carbocycles. The minimum absolute atomic E-state index is 0.245. The number of benzene rings is 3. The number of amides is 1. The SMILES string of the molecule is CCOc1ccc(C(=O)Oc2ccc(/C=N\NC(=O)COc3ccccc3Cl)cc2OC)cc1. The van der Waals surface area contributed by atoms with Crippen LogP contribution in [0.25, 0.3) is 0 Å². The van der Waals surface area contributed by atoms with Gasteiger partial charge in [-0.15, -0.1) is 0 Å². The second-order valence-corrected chi connectivity index (χ2v) is 7.18. The van der Waals surface area contributed by atoms with Gasteiger partial charge in [-0.25, -0.2) is 10.2 Å². The number of nitrogens with zero attached hydrogens (tertiary/aromatic N) is 1. The molecule has 3 aromatic carbocycles. The smallest absolute Gasteiger partial charge is 0.343 e. The highest BCUT2D eigenvalue weighted by Crippen LogP contribution is 2.28. The van der Waals surface area contributed by atoms with Crippen LogP contribution in [0.1, 0.15) is 22.8 Å². The number of hydrazone groups is 1. The van der Waals surface area contributed by atoms with Gasteiger partial charge in [0.1, 0.15) is 11.5 Å². The van der Waals surface area contributed by atoms with Crippen LogP contribution in [-0.2, 0) is 4.79 Å². The van der Waals surface area contributed by atoms with E-state index in [9.17, 15) is 9.59 Å². The largest absolute Gasteiger partial charge is 0.494 e. The molecule has 1 N–H and O–H groups in total. The van der Waals surface area contributed by atoms with Crippen LogP contribution >= 0.6 is 11.6 Å². The van der Waals surface area contributed by atoms with Gasteiger partial charge in [0.25, 0.3) is 5.91 Å². The predicted octanol–water partition coefficient (Wildman–Crippen LogP) is 4.50. The van der Waals surface area contributed by atoms with Gasteiger partial charge < -0.3 is 18.9 Å². The van der Waals surface area contributed by atoms with E-state index < -0.39 is 11.9 Å². The Hall–Kier alpha value is -4.04. The Labute approximate surface area is 202 Å². The Balaban J connectivity index is 1.56. The Morgan fingerprint density at radius 3 is 2.44 bits per heavy atom. The van der Waals surface area contributed by atoms with Crippen LogP contribution in [0, 0.1) is 0 Å². The number of halogens is 1. The lowest BCUT2D eigenvalue weighted by Gasteiger charge is -2.10. The monoisotopic (exact) mass is 482 g/mol.